The lowest BCUT2D eigenvalue weighted by Crippen LogP contribution is -2.42. The molecular formula is C23H30N6. The van der Waals surface area contributed by atoms with Crippen LogP contribution in [-0.2, 0) is 11.8 Å². The second-order valence-corrected chi connectivity index (χ2v) is 7.77. The summed E-state index contributed by atoms with van der Waals surface area (Å²) in [5.41, 5.74) is 2.53. The summed E-state index contributed by atoms with van der Waals surface area (Å²) in [6.45, 7) is 4.65. The van der Waals surface area contributed by atoms with Gasteiger partial charge in [-0.15, -0.1) is 10.2 Å². The van der Waals surface area contributed by atoms with Crippen LogP contribution in [0.15, 0.2) is 59.7 Å². The van der Waals surface area contributed by atoms with Crippen molar-refractivity contribution in [2.24, 2.45) is 4.99 Å². The van der Waals surface area contributed by atoms with Crippen LogP contribution in [0, 0.1) is 0 Å². The summed E-state index contributed by atoms with van der Waals surface area (Å²) in [7, 11) is 0. The molecule has 1 aliphatic rings. The number of aromatic nitrogens is 3. The molecule has 1 aromatic carbocycles. The molecule has 0 atom stereocenters. The van der Waals surface area contributed by atoms with Gasteiger partial charge in [-0.2, -0.15) is 0 Å². The average molecular weight is 391 g/mol. The van der Waals surface area contributed by atoms with E-state index in [9.17, 15) is 0 Å². The average Bonchev–Trinajstić information content (AvgIpc) is 3.14. The van der Waals surface area contributed by atoms with Crippen LogP contribution in [0.2, 0.25) is 0 Å². The van der Waals surface area contributed by atoms with E-state index in [1.807, 2.05) is 24.4 Å². The smallest absolute Gasteiger partial charge is 0.191 e. The van der Waals surface area contributed by atoms with E-state index in [2.05, 4.69) is 62.5 Å². The summed E-state index contributed by atoms with van der Waals surface area (Å²) < 4.78 is 2.06. The van der Waals surface area contributed by atoms with Gasteiger partial charge in [0.15, 0.2) is 11.6 Å². The molecule has 0 unspecified atom stereocenters. The first kappa shape index (κ1) is 19.4. The predicted molar refractivity (Wildman–Crippen MR) is 117 cm³/mol. The fourth-order valence-corrected chi connectivity index (χ4v) is 4.02. The van der Waals surface area contributed by atoms with Crippen molar-refractivity contribution < 1.29 is 0 Å². The molecule has 0 saturated heterocycles. The maximum Gasteiger partial charge on any atom is 0.191 e. The van der Waals surface area contributed by atoms with Gasteiger partial charge in [-0.1, -0.05) is 42.8 Å². The first-order chi connectivity index (χ1) is 14.3. The van der Waals surface area contributed by atoms with Crippen LogP contribution in [-0.4, -0.2) is 40.2 Å². The number of pyridine rings is 1. The van der Waals surface area contributed by atoms with Crippen molar-refractivity contribution >= 4 is 11.6 Å². The third kappa shape index (κ3) is 4.42. The zero-order valence-corrected chi connectivity index (χ0v) is 17.1. The molecule has 0 spiro atoms. The van der Waals surface area contributed by atoms with Gasteiger partial charge < -0.3 is 10.6 Å². The van der Waals surface area contributed by atoms with Gasteiger partial charge >= 0.3 is 0 Å². The molecule has 0 bridgehead atoms. The monoisotopic (exact) mass is 390 g/mol. The topological polar surface area (TPSA) is 66.6 Å². The number of hydrogen-bond acceptors (Lipinski definition) is 3. The quantitative estimate of drug-likeness (QED) is 0.352. The number of nitrogens with one attached hydrogen (secondary N) is 2. The molecular weight excluding hydrogens is 360 g/mol. The Labute approximate surface area is 172 Å². The molecule has 152 valence electrons. The maximum atomic E-state index is 4.93. The van der Waals surface area contributed by atoms with E-state index in [1.54, 1.807) is 0 Å². The number of benzene rings is 1. The Morgan fingerprint density at radius 3 is 2.66 bits per heavy atom. The molecule has 0 aliphatic heterocycles. The van der Waals surface area contributed by atoms with Crippen LogP contribution >= 0.6 is 0 Å². The molecule has 1 saturated carbocycles. The fraction of sp³-hybridized carbons (Fsp3) is 0.435. The summed E-state index contributed by atoms with van der Waals surface area (Å²) in [5.74, 6) is 1.91. The van der Waals surface area contributed by atoms with Crippen molar-refractivity contribution in [2.75, 3.05) is 19.6 Å². The Balaban J connectivity index is 1.33. The Kier molecular flexibility index (Phi) is 6.08. The van der Waals surface area contributed by atoms with Crippen molar-refractivity contribution in [2.45, 2.75) is 44.4 Å². The lowest BCUT2D eigenvalue weighted by atomic mass is 9.64. The molecule has 2 N–H and O–H groups in total. The minimum Gasteiger partial charge on any atom is -0.357 e. The number of aliphatic imine (C=N–C) groups is 1. The molecule has 1 aliphatic carbocycles. The van der Waals surface area contributed by atoms with Gasteiger partial charge in [0.25, 0.3) is 0 Å². The molecule has 2 heterocycles. The van der Waals surface area contributed by atoms with Crippen LogP contribution in [0.4, 0.5) is 0 Å². The highest BCUT2D eigenvalue weighted by Gasteiger charge is 2.38. The molecule has 4 rings (SSSR count). The van der Waals surface area contributed by atoms with E-state index in [4.69, 9.17) is 4.99 Å². The van der Waals surface area contributed by atoms with Gasteiger partial charge in [-0.05, 0) is 43.9 Å². The summed E-state index contributed by atoms with van der Waals surface area (Å²) in [6.07, 6.45) is 7.61. The molecule has 6 heteroatoms. The van der Waals surface area contributed by atoms with Gasteiger partial charge in [0.2, 0.25) is 0 Å². The molecule has 6 nitrogen and oxygen atoms in total. The highest BCUT2D eigenvalue weighted by atomic mass is 15.2. The largest absolute Gasteiger partial charge is 0.357 e. The number of guanidine groups is 1. The molecule has 0 radical (unpaired) electrons. The standard InChI is InChI=1S/C23H30N6/c1-2-24-22(26-18-23(14-9-15-23)19-10-4-3-5-11-19)25-16-8-13-21-28-27-20-12-6-7-17-29(20)21/h3-7,10-12,17H,2,8-9,13-16,18H2,1H3,(H2,24,25,26). The van der Waals surface area contributed by atoms with Crippen molar-refractivity contribution in [3.8, 4) is 0 Å². The van der Waals surface area contributed by atoms with E-state index >= 15 is 0 Å². The van der Waals surface area contributed by atoms with Crippen molar-refractivity contribution in [1.29, 1.82) is 0 Å². The lowest BCUT2D eigenvalue weighted by molar-refractivity contribution is 0.253. The second kappa shape index (κ2) is 9.07. The van der Waals surface area contributed by atoms with E-state index in [0.29, 0.717) is 0 Å². The first-order valence-electron chi connectivity index (χ1n) is 10.7. The molecule has 2 aromatic heterocycles. The normalized spacial score (nSPS) is 15.8. The highest BCUT2D eigenvalue weighted by Crippen LogP contribution is 2.43. The Hall–Kier alpha value is -2.89. The van der Waals surface area contributed by atoms with E-state index in [-0.39, 0.29) is 5.41 Å². The molecule has 1 fully saturated rings. The third-order valence-corrected chi connectivity index (χ3v) is 5.83. The minimum absolute atomic E-state index is 0.212. The summed E-state index contributed by atoms with van der Waals surface area (Å²) in [6, 6.07) is 16.8. The van der Waals surface area contributed by atoms with Crippen molar-refractivity contribution in [3.05, 3.63) is 66.1 Å². The zero-order chi connectivity index (χ0) is 19.9. The summed E-state index contributed by atoms with van der Waals surface area (Å²) in [4.78, 5) is 4.93. The third-order valence-electron chi connectivity index (χ3n) is 5.83. The Morgan fingerprint density at radius 1 is 1.07 bits per heavy atom. The first-order valence-corrected chi connectivity index (χ1v) is 10.7. The van der Waals surface area contributed by atoms with Gasteiger partial charge in [-0.3, -0.25) is 9.39 Å². The van der Waals surface area contributed by atoms with Gasteiger partial charge in [0.1, 0.15) is 5.82 Å². The number of rotatable bonds is 8. The number of aryl methyl sites for hydroxylation is 1. The zero-order valence-electron chi connectivity index (χ0n) is 17.1. The van der Waals surface area contributed by atoms with Crippen LogP contribution in [0.3, 0.4) is 0 Å². The van der Waals surface area contributed by atoms with Crippen molar-refractivity contribution in [1.82, 2.24) is 25.2 Å². The SMILES string of the molecule is CCNC(=NCC1(c2ccccc2)CCC1)NCCCc1nnc2ccccn12. The number of hydrogen-bond donors (Lipinski definition) is 2. The van der Waals surface area contributed by atoms with Crippen LogP contribution in [0.5, 0.6) is 0 Å². The number of nitrogens with zero attached hydrogens (tertiary/aromatic N) is 4. The Morgan fingerprint density at radius 2 is 1.90 bits per heavy atom. The van der Waals surface area contributed by atoms with E-state index in [0.717, 1.165) is 49.9 Å². The van der Waals surface area contributed by atoms with E-state index in [1.165, 1.54) is 24.8 Å². The van der Waals surface area contributed by atoms with Crippen LogP contribution in [0.25, 0.3) is 5.65 Å². The van der Waals surface area contributed by atoms with Crippen LogP contribution in [0.1, 0.15) is 44.0 Å². The molecule has 0 amide bonds. The maximum absolute atomic E-state index is 4.93. The summed E-state index contributed by atoms with van der Waals surface area (Å²) >= 11 is 0. The van der Waals surface area contributed by atoms with Crippen molar-refractivity contribution in [3.63, 3.8) is 0 Å². The number of fused-ring (bicyclic) bond motifs is 1. The van der Waals surface area contributed by atoms with Gasteiger partial charge in [-0.25, -0.2) is 0 Å². The van der Waals surface area contributed by atoms with Gasteiger partial charge in [0, 0.05) is 31.1 Å². The summed E-state index contributed by atoms with van der Waals surface area (Å²) in [5, 5.41) is 15.4. The lowest BCUT2D eigenvalue weighted by Gasteiger charge is -2.41. The predicted octanol–water partition coefficient (Wildman–Crippen LogP) is 3.34. The molecule has 29 heavy (non-hydrogen) atoms. The highest BCUT2D eigenvalue weighted by molar-refractivity contribution is 5.79. The Bertz CT molecular complexity index is 942. The minimum atomic E-state index is 0.212. The second-order valence-electron chi connectivity index (χ2n) is 7.77. The fourth-order valence-electron chi connectivity index (χ4n) is 4.02. The van der Waals surface area contributed by atoms with Crippen LogP contribution < -0.4 is 10.6 Å². The van der Waals surface area contributed by atoms with Gasteiger partial charge in [0.05, 0.1) is 6.54 Å². The van der Waals surface area contributed by atoms with E-state index < -0.39 is 0 Å². The molecule has 3 aromatic rings.